The van der Waals surface area contributed by atoms with Crippen LogP contribution in [-0.2, 0) is 11.8 Å². The SMILES string of the molecule is Cc1[nH]c2nccc(N3CCOCC3)c2c1-c1cc(C#N)n(C)c1. The lowest BCUT2D eigenvalue weighted by molar-refractivity contribution is 0.123. The van der Waals surface area contributed by atoms with Crippen LogP contribution in [0.25, 0.3) is 22.2 Å². The molecule has 4 rings (SSSR count). The maximum absolute atomic E-state index is 9.26. The Balaban J connectivity index is 1.94. The number of nitriles is 1. The van der Waals surface area contributed by atoms with E-state index in [1.54, 1.807) is 0 Å². The molecular formula is C18H19N5O. The zero-order valence-corrected chi connectivity index (χ0v) is 13.8. The molecule has 0 aromatic carbocycles. The number of morpholine rings is 1. The smallest absolute Gasteiger partial charge is 0.140 e. The Morgan fingerprint density at radius 1 is 1.33 bits per heavy atom. The van der Waals surface area contributed by atoms with Gasteiger partial charge in [-0.1, -0.05) is 0 Å². The highest BCUT2D eigenvalue weighted by Crippen LogP contribution is 2.38. The minimum absolute atomic E-state index is 0.649. The minimum Gasteiger partial charge on any atom is -0.378 e. The van der Waals surface area contributed by atoms with Crippen molar-refractivity contribution in [1.29, 1.82) is 5.26 Å². The first-order valence-corrected chi connectivity index (χ1v) is 8.06. The van der Waals surface area contributed by atoms with Gasteiger partial charge in [-0.05, 0) is 19.1 Å². The molecule has 4 heterocycles. The Morgan fingerprint density at radius 3 is 2.83 bits per heavy atom. The van der Waals surface area contributed by atoms with E-state index >= 15 is 0 Å². The van der Waals surface area contributed by atoms with Crippen molar-refractivity contribution in [1.82, 2.24) is 14.5 Å². The number of aryl methyl sites for hydroxylation is 2. The highest BCUT2D eigenvalue weighted by molar-refractivity contribution is 6.04. The van der Waals surface area contributed by atoms with E-state index in [9.17, 15) is 5.26 Å². The van der Waals surface area contributed by atoms with E-state index in [0.29, 0.717) is 5.69 Å². The lowest BCUT2D eigenvalue weighted by Gasteiger charge is -2.29. The standard InChI is InChI=1S/C18H19N5O/c1-12-16(13-9-14(10-19)22(2)11-13)17-15(3-4-20-18(17)21-12)23-5-7-24-8-6-23/h3-4,9,11H,5-8H2,1-2H3,(H,20,21). The second-order valence-electron chi connectivity index (χ2n) is 6.11. The fraction of sp³-hybridized carbons (Fsp3) is 0.333. The van der Waals surface area contributed by atoms with Crippen LogP contribution >= 0.6 is 0 Å². The quantitative estimate of drug-likeness (QED) is 0.787. The van der Waals surface area contributed by atoms with Gasteiger partial charge in [-0.3, -0.25) is 0 Å². The van der Waals surface area contributed by atoms with Gasteiger partial charge in [0, 0.05) is 49.4 Å². The average molecular weight is 321 g/mol. The van der Waals surface area contributed by atoms with Crippen molar-refractivity contribution in [2.24, 2.45) is 7.05 Å². The van der Waals surface area contributed by atoms with Gasteiger partial charge in [-0.2, -0.15) is 5.26 Å². The van der Waals surface area contributed by atoms with Crippen LogP contribution < -0.4 is 4.90 Å². The second kappa shape index (κ2) is 5.69. The summed E-state index contributed by atoms with van der Waals surface area (Å²) >= 11 is 0. The molecule has 0 saturated carbocycles. The molecule has 0 unspecified atom stereocenters. The van der Waals surface area contributed by atoms with Crippen LogP contribution in [0.2, 0.25) is 0 Å². The van der Waals surface area contributed by atoms with E-state index in [1.807, 2.05) is 30.1 Å². The predicted octanol–water partition coefficient (Wildman–Crippen LogP) is 2.59. The molecule has 0 aliphatic carbocycles. The molecule has 0 radical (unpaired) electrons. The lowest BCUT2D eigenvalue weighted by Crippen LogP contribution is -2.36. The molecule has 6 nitrogen and oxygen atoms in total. The Hall–Kier alpha value is -2.78. The number of H-pyrrole nitrogens is 1. The Morgan fingerprint density at radius 2 is 2.12 bits per heavy atom. The van der Waals surface area contributed by atoms with Crippen molar-refractivity contribution in [2.75, 3.05) is 31.2 Å². The van der Waals surface area contributed by atoms with Gasteiger partial charge in [0.2, 0.25) is 0 Å². The Labute approximate surface area is 140 Å². The first-order valence-electron chi connectivity index (χ1n) is 8.06. The van der Waals surface area contributed by atoms with Crippen LogP contribution in [0.1, 0.15) is 11.4 Å². The van der Waals surface area contributed by atoms with Gasteiger partial charge in [-0.25, -0.2) is 4.98 Å². The van der Waals surface area contributed by atoms with E-state index in [4.69, 9.17) is 4.74 Å². The molecule has 3 aromatic heterocycles. The molecule has 0 atom stereocenters. The number of nitrogens with zero attached hydrogens (tertiary/aromatic N) is 4. The van der Waals surface area contributed by atoms with Crippen LogP contribution in [0.3, 0.4) is 0 Å². The first-order chi connectivity index (χ1) is 11.7. The van der Waals surface area contributed by atoms with E-state index in [1.165, 1.54) is 5.69 Å². The fourth-order valence-electron chi connectivity index (χ4n) is 3.46. The van der Waals surface area contributed by atoms with Crippen molar-refractivity contribution in [3.05, 3.63) is 35.9 Å². The zero-order chi connectivity index (χ0) is 16.7. The molecule has 1 N–H and O–H groups in total. The average Bonchev–Trinajstić information content (AvgIpc) is 3.13. The number of nitrogens with one attached hydrogen (secondary N) is 1. The van der Waals surface area contributed by atoms with Gasteiger partial charge >= 0.3 is 0 Å². The maximum Gasteiger partial charge on any atom is 0.140 e. The summed E-state index contributed by atoms with van der Waals surface area (Å²) in [4.78, 5) is 10.2. The van der Waals surface area contributed by atoms with Crippen molar-refractivity contribution in [2.45, 2.75) is 6.92 Å². The number of ether oxygens (including phenoxy) is 1. The van der Waals surface area contributed by atoms with E-state index in [2.05, 4.69) is 33.9 Å². The Kier molecular flexibility index (Phi) is 3.51. The number of anilines is 1. The third-order valence-corrected chi connectivity index (χ3v) is 4.62. The number of aromatic amines is 1. The summed E-state index contributed by atoms with van der Waals surface area (Å²) in [5, 5.41) is 10.4. The number of aromatic nitrogens is 3. The highest BCUT2D eigenvalue weighted by atomic mass is 16.5. The summed E-state index contributed by atoms with van der Waals surface area (Å²) < 4.78 is 7.34. The van der Waals surface area contributed by atoms with Crippen LogP contribution in [0.15, 0.2) is 24.5 Å². The van der Waals surface area contributed by atoms with Crippen LogP contribution in [-0.4, -0.2) is 40.8 Å². The number of hydrogen-bond donors (Lipinski definition) is 1. The molecule has 0 bridgehead atoms. The number of pyridine rings is 1. The monoisotopic (exact) mass is 321 g/mol. The molecule has 3 aromatic rings. The van der Waals surface area contributed by atoms with Gasteiger partial charge in [-0.15, -0.1) is 0 Å². The summed E-state index contributed by atoms with van der Waals surface area (Å²) in [6.07, 6.45) is 3.85. The first kappa shape index (κ1) is 14.8. The summed E-state index contributed by atoms with van der Waals surface area (Å²) in [6.45, 7) is 5.29. The van der Waals surface area contributed by atoms with Gasteiger partial charge in [0.25, 0.3) is 0 Å². The van der Waals surface area contributed by atoms with E-state index in [0.717, 1.165) is 54.2 Å². The Bertz CT molecular complexity index is 940. The van der Waals surface area contributed by atoms with Gasteiger partial charge in [0.05, 0.1) is 24.3 Å². The molecule has 122 valence electrons. The molecule has 0 amide bonds. The normalized spacial score (nSPS) is 15.0. The second-order valence-corrected chi connectivity index (χ2v) is 6.11. The van der Waals surface area contributed by atoms with Gasteiger partial charge in [0.15, 0.2) is 0 Å². The van der Waals surface area contributed by atoms with Gasteiger partial charge in [0.1, 0.15) is 17.4 Å². The van der Waals surface area contributed by atoms with Gasteiger partial charge < -0.3 is 19.2 Å². The zero-order valence-electron chi connectivity index (χ0n) is 13.8. The molecule has 6 heteroatoms. The van der Waals surface area contributed by atoms with Crippen LogP contribution in [0.4, 0.5) is 5.69 Å². The van der Waals surface area contributed by atoms with Crippen molar-refractivity contribution < 1.29 is 4.74 Å². The summed E-state index contributed by atoms with van der Waals surface area (Å²) in [5.41, 5.74) is 5.93. The highest BCUT2D eigenvalue weighted by Gasteiger charge is 2.21. The molecule has 1 saturated heterocycles. The summed E-state index contributed by atoms with van der Waals surface area (Å²) in [7, 11) is 1.90. The lowest BCUT2D eigenvalue weighted by atomic mass is 10.0. The molecule has 1 aliphatic heterocycles. The van der Waals surface area contributed by atoms with Crippen LogP contribution in [0.5, 0.6) is 0 Å². The molecule has 0 spiro atoms. The summed E-state index contributed by atoms with van der Waals surface area (Å²) in [6, 6.07) is 6.24. The number of fused-ring (bicyclic) bond motifs is 1. The molecular weight excluding hydrogens is 302 g/mol. The molecule has 1 fully saturated rings. The predicted molar refractivity (Wildman–Crippen MR) is 93.0 cm³/mol. The summed E-state index contributed by atoms with van der Waals surface area (Å²) in [5.74, 6) is 0. The third-order valence-electron chi connectivity index (χ3n) is 4.62. The topological polar surface area (TPSA) is 69.9 Å². The number of hydrogen-bond acceptors (Lipinski definition) is 4. The van der Waals surface area contributed by atoms with Crippen molar-refractivity contribution in [3.63, 3.8) is 0 Å². The van der Waals surface area contributed by atoms with Crippen LogP contribution in [0, 0.1) is 18.3 Å². The third kappa shape index (κ3) is 2.25. The number of rotatable bonds is 2. The van der Waals surface area contributed by atoms with E-state index in [-0.39, 0.29) is 0 Å². The van der Waals surface area contributed by atoms with E-state index < -0.39 is 0 Å². The fourth-order valence-corrected chi connectivity index (χ4v) is 3.46. The minimum atomic E-state index is 0.649. The van der Waals surface area contributed by atoms with Crippen molar-refractivity contribution >= 4 is 16.7 Å². The largest absolute Gasteiger partial charge is 0.378 e. The maximum atomic E-state index is 9.26. The molecule has 24 heavy (non-hydrogen) atoms. The molecule has 1 aliphatic rings. The van der Waals surface area contributed by atoms with Crippen molar-refractivity contribution in [3.8, 4) is 17.2 Å².